The van der Waals surface area contributed by atoms with Crippen molar-refractivity contribution in [2.24, 2.45) is 5.92 Å². The van der Waals surface area contributed by atoms with Gasteiger partial charge in [-0.05, 0) is 41.6 Å². The van der Waals surface area contributed by atoms with Crippen LogP contribution >= 0.6 is 15.9 Å². The van der Waals surface area contributed by atoms with Crippen LogP contribution in [-0.2, 0) is 16.1 Å². The summed E-state index contributed by atoms with van der Waals surface area (Å²) in [6.45, 7) is 2.67. The number of rotatable bonds is 6. The minimum absolute atomic E-state index is 0.0326. The molecule has 1 saturated carbocycles. The highest BCUT2D eigenvalue weighted by molar-refractivity contribution is 9.10. The molecule has 0 aromatic carbocycles. The number of aromatic nitrogens is 2. The quantitative estimate of drug-likeness (QED) is 0.797. The lowest BCUT2D eigenvalue weighted by Gasteiger charge is -2.25. The van der Waals surface area contributed by atoms with Crippen LogP contribution in [0.5, 0.6) is 0 Å². The molecule has 1 N–H and O–H groups in total. The Hall–Kier alpha value is -1.37. The van der Waals surface area contributed by atoms with Crippen molar-refractivity contribution in [3.05, 3.63) is 21.0 Å². The fourth-order valence-corrected chi connectivity index (χ4v) is 2.45. The van der Waals surface area contributed by atoms with Crippen molar-refractivity contribution < 1.29 is 9.53 Å². The van der Waals surface area contributed by atoms with Gasteiger partial charge in [0.2, 0.25) is 0 Å². The van der Waals surface area contributed by atoms with Gasteiger partial charge in [0.05, 0.1) is 17.3 Å². The molecule has 2 rings (SSSR count). The Labute approximate surface area is 125 Å². The van der Waals surface area contributed by atoms with Gasteiger partial charge in [0.15, 0.2) is 0 Å². The minimum atomic E-state index is -0.388. The van der Waals surface area contributed by atoms with E-state index in [1.165, 1.54) is 11.1 Å². The van der Waals surface area contributed by atoms with Gasteiger partial charge in [-0.2, -0.15) is 5.10 Å². The number of anilines is 1. The summed E-state index contributed by atoms with van der Waals surface area (Å²) in [7, 11) is 0. The Morgan fingerprint density at radius 1 is 1.60 bits per heavy atom. The van der Waals surface area contributed by atoms with Crippen LogP contribution in [0.3, 0.4) is 0 Å². The molecule has 1 heterocycles. The molecule has 7 heteroatoms. The van der Waals surface area contributed by atoms with Gasteiger partial charge >= 0.3 is 5.97 Å². The third-order valence-electron chi connectivity index (χ3n) is 3.37. The molecule has 1 aliphatic carbocycles. The van der Waals surface area contributed by atoms with Crippen LogP contribution in [0.1, 0.15) is 26.2 Å². The summed E-state index contributed by atoms with van der Waals surface area (Å²) >= 11 is 3.28. The summed E-state index contributed by atoms with van der Waals surface area (Å²) in [4.78, 5) is 23.6. The van der Waals surface area contributed by atoms with E-state index in [-0.39, 0.29) is 18.1 Å². The monoisotopic (exact) mass is 343 g/mol. The summed E-state index contributed by atoms with van der Waals surface area (Å²) in [5.41, 5.74) is 0.142. The summed E-state index contributed by atoms with van der Waals surface area (Å²) in [6.07, 6.45) is 5.10. The van der Waals surface area contributed by atoms with E-state index in [0.29, 0.717) is 29.2 Å². The molecule has 0 radical (unpaired) electrons. The molecule has 0 spiro atoms. The van der Waals surface area contributed by atoms with E-state index in [4.69, 9.17) is 4.74 Å². The molecule has 0 bridgehead atoms. The predicted octanol–water partition coefficient (Wildman–Crippen LogP) is 1.78. The Bertz CT molecular complexity index is 540. The maximum Gasteiger partial charge on any atom is 0.325 e. The fraction of sp³-hybridized carbons (Fsp3) is 0.615. The number of carbonyl (C=O) groups excluding carboxylic acids is 1. The van der Waals surface area contributed by atoms with E-state index in [9.17, 15) is 9.59 Å². The van der Waals surface area contributed by atoms with Gasteiger partial charge in [-0.25, -0.2) is 4.68 Å². The maximum absolute atomic E-state index is 12.3. The van der Waals surface area contributed by atoms with E-state index in [2.05, 4.69) is 26.3 Å². The summed E-state index contributed by atoms with van der Waals surface area (Å²) < 4.78 is 6.84. The number of nitrogens with zero attached hydrogens (tertiary/aromatic N) is 2. The van der Waals surface area contributed by atoms with Crippen molar-refractivity contribution >= 4 is 27.6 Å². The Morgan fingerprint density at radius 3 is 2.95 bits per heavy atom. The maximum atomic E-state index is 12.3. The summed E-state index contributed by atoms with van der Waals surface area (Å²) in [5, 5.41) is 6.95. The van der Waals surface area contributed by atoms with E-state index in [1.54, 1.807) is 13.1 Å². The number of nitrogens with one attached hydrogen (secondary N) is 1. The molecule has 0 saturated heterocycles. The Balaban J connectivity index is 2.08. The molecule has 1 aromatic rings. The number of hydrogen-bond donors (Lipinski definition) is 1. The zero-order chi connectivity index (χ0) is 14.5. The first kappa shape index (κ1) is 15.0. The minimum Gasteiger partial charge on any atom is -0.465 e. The zero-order valence-electron chi connectivity index (χ0n) is 11.4. The van der Waals surface area contributed by atoms with Crippen LogP contribution in [0.25, 0.3) is 0 Å². The Kier molecular flexibility index (Phi) is 5.17. The van der Waals surface area contributed by atoms with Crippen molar-refractivity contribution in [3.8, 4) is 0 Å². The summed E-state index contributed by atoms with van der Waals surface area (Å²) in [6, 6.07) is 0. The van der Waals surface area contributed by atoms with Gasteiger partial charge in [0.25, 0.3) is 5.56 Å². The first-order chi connectivity index (χ1) is 9.61. The number of hydrogen-bond acceptors (Lipinski definition) is 5. The molecular formula is C13H18BrN3O3. The third-order valence-corrected chi connectivity index (χ3v) is 3.97. The molecule has 0 amide bonds. The molecule has 110 valence electrons. The van der Waals surface area contributed by atoms with Crippen LogP contribution in [0.2, 0.25) is 0 Å². The van der Waals surface area contributed by atoms with E-state index in [1.807, 2.05) is 0 Å². The normalized spacial score (nSPS) is 14.7. The second kappa shape index (κ2) is 6.88. The smallest absolute Gasteiger partial charge is 0.325 e. The molecule has 0 unspecified atom stereocenters. The highest BCUT2D eigenvalue weighted by atomic mass is 79.9. The van der Waals surface area contributed by atoms with Crippen molar-refractivity contribution in [3.63, 3.8) is 0 Å². The van der Waals surface area contributed by atoms with E-state index >= 15 is 0 Å². The molecular weight excluding hydrogens is 326 g/mol. The van der Waals surface area contributed by atoms with Gasteiger partial charge in [-0.1, -0.05) is 6.42 Å². The lowest BCUT2D eigenvalue weighted by atomic mass is 9.85. The topological polar surface area (TPSA) is 73.2 Å². The van der Waals surface area contributed by atoms with Crippen LogP contribution in [0.15, 0.2) is 15.5 Å². The lowest BCUT2D eigenvalue weighted by Crippen LogP contribution is -2.32. The van der Waals surface area contributed by atoms with Crippen LogP contribution in [0, 0.1) is 5.92 Å². The van der Waals surface area contributed by atoms with Crippen LogP contribution < -0.4 is 10.9 Å². The fourth-order valence-electron chi connectivity index (χ4n) is 2.05. The SMILES string of the molecule is CCOC(=O)CNc1c(Br)cnn(CC2CCC2)c1=O. The first-order valence-corrected chi connectivity index (χ1v) is 7.56. The molecule has 20 heavy (non-hydrogen) atoms. The van der Waals surface area contributed by atoms with Crippen molar-refractivity contribution in [1.29, 1.82) is 0 Å². The average molecular weight is 344 g/mol. The van der Waals surface area contributed by atoms with Gasteiger partial charge in [-0.3, -0.25) is 9.59 Å². The number of esters is 1. The first-order valence-electron chi connectivity index (χ1n) is 6.77. The largest absolute Gasteiger partial charge is 0.465 e. The van der Waals surface area contributed by atoms with Gasteiger partial charge in [-0.15, -0.1) is 0 Å². The number of ether oxygens (including phenoxy) is 1. The highest BCUT2D eigenvalue weighted by Crippen LogP contribution is 2.27. The lowest BCUT2D eigenvalue weighted by molar-refractivity contribution is -0.140. The molecule has 6 nitrogen and oxygen atoms in total. The molecule has 0 aliphatic heterocycles. The molecule has 1 aliphatic rings. The van der Waals surface area contributed by atoms with Crippen molar-refractivity contribution in [2.45, 2.75) is 32.7 Å². The second-order valence-corrected chi connectivity index (χ2v) is 5.66. The predicted molar refractivity (Wildman–Crippen MR) is 78.7 cm³/mol. The number of halogens is 1. The van der Waals surface area contributed by atoms with E-state index < -0.39 is 0 Å². The standard InChI is InChI=1S/C13H18BrN3O3/c1-2-20-11(18)7-15-12-10(14)6-16-17(13(12)19)8-9-4-3-5-9/h6,9,15H,2-5,7-8H2,1H3. The molecule has 1 fully saturated rings. The molecule has 1 aromatic heterocycles. The second-order valence-electron chi connectivity index (χ2n) is 4.81. The zero-order valence-corrected chi connectivity index (χ0v) is 13.0. The van der Waals surface area contributed by atoms with Gasteiger partial charge in [0, 0.05) is 6.54 Å². The van der Waals surface area contributed by atoms with Crippen LogP contribution in [-0.4, -0.2) is 28.9 Å². The van der Waals surface area contributed by atoms with Gasteiger partial charge in [0.1, 0.15) is 12.2 Å². The Morgan fingerprint density at radius 2 is 2.35 bits per heavy atom. The summed E-state index contributed by atoms with van der Waals surface area (Å²) in [5.74, 6) is 0.153. The third kappa shape index (κ3) is 3.59. The highest BCUT2D eigenvalue weighted by Gasteiger charge is 2.20. The van der Waals surface area contributed by atoms with E-state index in [0.717, 1.165) is 12.8 Å². The van der Waals surface area contributed by atoms with Crippen LogP contribution in [0.4, 0.5) is 5.69 Å². The number of carbonyl (C=O) groups is 1. The van der Waals surface area contributed by atoms with Gasteiger partial charge < -0.3 is 10.1 Å². The van der Waals surface area contributed by atoms with Crippen molar-refractivity contribution in [1.82, 2.24) is 9.78 Å². The molecule has 0 atom stereocenters. The van der Waals surface area contributed by atoms with Crippen molar-refractivity contribution in [2.75, 3.05) is 18.5 Å². The average Bonchev–Trinajstić information content (AvgIpc) is 2.36.